The third-order valence-corrected chi connectivity index (χ3v) is 5.29. The summed E-state index contributed by atoms with van der Waals surface area (Å²) in [6.07, 6.45) is 6.54. The van der Waals surface area contributed by atoms with Crippen molar-refractivity contribution >= 4 is 16.6 Å². The highest BCUT2D eigenvalue weighted by atomic mass is 15.0. The molecular formula is C21H25N3. The van der Waals surface area contributed by atoms with E-state index in [1.807, 2.05) is 6.07 Å². The summed E-state index contributed by atoms with van der Waals surface area (Å²) in [6, 6.07) is 17.8. The summed E-state index contributed by atoms with van der Waals surface area (Å²) in [4.78, 5) is 0. The Morgan fingerprint density at radius 2 is 1.67 bits per heavy atom. The third kappa shape index (κ3) is 2.69. The van der Waals surface area contributed by atoms with E-state index in [0.717, 1.165) is 5.69 Å². The number of nitrogens with zero attached hydrogens (tertiary/aromatic N) is 1. The molecule has 1 aromatic heterocycles. The average Bonchev–Trinajstić information content (AvgIpc) is 3.01. The highest BCUT2D eigenvalue weighted by molar-refractivity contribution is 5.89. The lowest BCUT2D eigenvalue weighted by atomic mass is 9.94. The standard InChI is InChI=1S/C21H25N3/c22-14-15-6-8-16(9-7-15)21-13-17-12-18(23)10-11-20(17)24(21)19-4-2-1-3-5-19/h6-13,19H,1-5,14,22-23H2. The summed E-state index contributed by atoms with van der Waals surface area (Å²) in [6.45, 7) is 0.586. The number of fused-ring (bicyclic) bond motifs is 1. The first-order valence-electron chi connectivity index (χ1n) is 8.96. The van der Waals surface area contributed by atoms with Gasteiger partial charge in [0.1, 0.15) is 0 Å². The van der Waals surface area contributed by atoms with Crippen LogP contribution in [0, 0.1) is 0 Å². The van der Waals surface area contributed by atoms with E-state index in [2.05, 4.69) is 47.0 Å². The summed E-state index contributed by atoms with van der Waals surface area (Å²) in [7, 11) is 0. The van der Waals surface area contributed by atoms with Crippen molar-refractivity contribution in [3.63, 3.8) is 0 Å². The molecule has 1 fully saturated rings. The van der Waals surface area contributed by atoms with Crippen molar-refractivity contribution in [2.24, 2.45) is 5.73 Å². The molecule has 1 aliphatic carbocycles. The fraction of sp³-hybridized carbons (Fsp3) is 0.333. The zero-order valence-electron chi connectivity index (χ0n) is 14.0. The van der Waals surface area contributed by atoms with Crippen LogP contribution in [0.15, 0.2) is 48.5 Å². The fourth-order valence-corrected chi connectivity index (χ4v) is 4.02. The average molecular weight is 319 g/mol. The van der Waals surface area contributed by atoms with Crippen molar-refractivity contribution in [3.05, 3.63) is 54.1 Å². The zero-order chi connectivity index (χ0) is 16.5. The maximum Gasteiger partial charge on any atom is 0.0493 e. The number of hydrogen-bond donors (Lipinski definition) is 2. The Hall–Kier alpha value is -2.26. The third-order valence-electron chi connectivity index (χ3n) is 5.29. The summed E-state index contributed by atoms with van der Waals surface area (Å²) >= 11 is 0. The molecule has 4 N–H and O–H groups in total. The second-order valence-corrected chi connectivity index (χ2v) is 6.91. The van der Waals surface area contributed by atoms with Crippen molar-refractivity contribution in [1.29, 1.82) is 0 Å². The Labute approximate surface area is 143 Å². The molecule has 0 spiro atoms. The molecule has 3 aromatic rings. The van der Waals surface area contributed by atoms with Crippen LogP contribution in [0.3, 0.4) is 0 Å². The minimum absolute atomic E-state index is 0.586. The van der Waals surface area contributed by atoms with Gasteiger partial charge in [-0.05, 0) is 48.2 Å². The first-order chi connectivity index (χ1) is 11.8. The Kier molecular flexibility index (Phi) is 4.03. The molecule has 3 heteroatoms. The zero-order valence-corrected chi connectivity index (χ0v) is 14.0. The van der Waals surface area contributed by atoms with Gasteiger partial charge in [0, 0.05) is 34.9 Å². The monoisotopic (exact) mass is 319 g/mol. The van der Waals surface area contributed by atoms with Crippen LogP contribution in [0.1, 0.15) is 43.7 Å². The van der Waals surface area contributed by atoms with Gasteiger partial charge < -0.3 is 16.0 Å². The van der Waals surface area contributed by atoms with E-state index in [9.17, 15) is 0 Å². The molecule has 2 aromatic carbocycles. The second-order valence-electron chi connectivity index (χ2n) is 6.91. The van der Waals surface area contributed by atoms with Gasteiger partial charge in [0.25, 0.3) is 0 Å². The number of anilines is 1. The Morgan fingerprint density at radius 3 is 2.38 bits per heavy atom. The number of aromatic nitrogens is 1. The highest BCUT2D eigenvalue weighted by Gasteiger charge is 2.21. The molecule has 24 heavy (non-hydrogen) atoms. The van der Waals surface area contributed by atoms with Gasteiger partial charge in [-0.15, -0.1) is 0 Å². The van der Waals surface area contributed by atoms with Gasteiger partial charge in [0.15, 0.2) is 0 Å². The fourth-order valence-electron chi connectivity index (χ4n) is 4.02. The van der Waals surface area contributed by atoms with Crippen LogP contribution in [0.5, 0.6) is 0 Å². The maximum atomic E-state index is 6.02. The smallest absolute Gasteiger partial charge is 0.0493 e. The van der Waals surface area contributed by atoms with Gasteiger partial charge in [-0.2, -0.15) is 0 Å². The van der Waals surface area contributed by atoms with E-state index >= 15 is 0 Å². The molecule has 4 rings (SSSR count). The minimum atomic E-state index is 0.586. The first-order valence-corrected chi connectivity index (χ1v) is 8.96. The Bertz CT molecular complexity index is 839. The van der Waals surface area contributed by atoms with E-state index in [4.69, 9.17) is 11.5 Å². The lowest BCUT2D eigenvalue weighted by molar-refractivity contribution is 0.363. The van der Waals surface area contributed by atoms with Crippen LogP contribution in [-0.2, 0) is 6.54 Å². The van der Waals surface area contributed by atoms with Gasteiger partial charge in [0.05, 0.1) is 0 Å². The van der Waals surface area contributed by atoms with Gasteiger partial charge in [-0.3, -0.25) is 0 Å². The topological polar surface area (TPSA) is 57.0 Å². The number of nitrogen functional groups attached to an aromatic ring is 1. The van der Waals surface area contributed by atoms with Crippen LogP contribution in [0.4, 0.5) is 5.69 Å². The molecule has 1 aliphatic rings. The van der Waals surface area contributed by atoms with Crippen LogP contribution in [0.2, 0.25) is 0 Å². The van der Waals surface area contributed by atoms with Crippen LogP contribution in [0.25, 0.3) is 22.2 Å². The second kappa shape index (κ2) is 6.33. The lowest BCUT2D eigenvalue weighted by Gasteiger charge is -2.26. The SMILES string of the molecule is NCc1ccc(-c2cc3cc(N)ccc3n2C2CCCCC2)cc1. The normalized spacial score (nSPS) is 15.9. The molecule has 1 saturated carbocycles. The van der Waals surface area contributed by atoms with Crippen molar-refractivity contribution < 1.29 is 0 Å². The molecule has 124 valence electrons. The summed E-state index contributed by atoms with van der Waals surface area (Å²) in [5.41, 5.74) is 17.6. The van der Waals surface area contributed by atoms with Crippen LogP contribution >= 0.6 is 0 Å². The maximum absolute atomic E-state index is 6.02. The molecule has 3 nitrogen and oxygen atoms in total. The van der Waals surface area contributed by atoms with Crippen molar-refractivity contribution in [1.82, 2.24) is 4.57 Å². The van der Waals surface area contributed by atoms with E-state index in [1.165, 1.54) is 59.8 Å². The summed E-state index contributed by atoms with van der Waals surface area (Å²) < 4.78 is 2.55. The molecule has 0 saturated heterocycles. The van der Waals surface area contributed by atoms with Crippen LogP contribution < -0.4 is 11.5 Å². The summed E-state index contributed by atoms with van der Waals surface area (Å²) in [5, 5.41) is 1.23. The van der Waals surface area contributed by atoms with Gasteiger partial charge in [0.2, 0.25) is 0 Å². The van der Waals surface area contributed by atoms with Gasteiger partial charge in [-0.1, -0.05) is 43.5 Å². The number of rotatable bonds is 3. The molecule has 0 atom stereocenters. The first kappa shape index (κ1) is 15.3. The molecule has 1 heterocycles. The number of hydrogen-bond acceptors (Lipinski definition) is 2. The summed E-state index contributed by atoms with van der Waals surface area (Å²) in [5.74, 6) is 0. The number of benzene rings is 2. The van der Waals surface area contributed by atoms with Crippen LogP contribution in [-0.4, -0.2) is 4.57 Å². The minimum Gasteiger partial charge on any atom is -0.399 e. The molecule has 0 aliphatic heterocycles. The van der Waals surface area contributed by atoms with Gasteiger partial charge >= 0.3 is 0 Å². The quantitative estimate of drug-likeness (QED) is 0.678. The van der Waals surface area contributed by atoms with Crippen molar-refractivity contribution in [2.75, 3.05) is 5.73 Å². The molecule has 0 amide bonds. The largest absolute Gasteiger partial charge is 0.399 e. The van der Waals surface area contributed by atoms with Crippen molar-refractivity contribution in [3.8, 4) is 11.3 Å². The lowest BCUT2D eigenvalue weighted by Crippen LogP contribution is -2.13. The Morgan fingerprint density at radius 1 is 0.917 bits per heavy atom. The predicted octanol–water partition coefficient (Wildman–Crippen LogP) is 4.85. The van der Waals surface area contributed by atoms with E-state index in [1.54, 1.807) is 0 Å². The molecular weight excluding hydrogens is 294 g/mol. The van der Waals surface area contributed by atoms with E-state index in [-0.39, 0.29) is 0 Å². The molecule has 0 bridgehead atoms. The molecule has 0 radical (unpaired) electrons. The Balaban J connectivity index is 1.88. The highest BCUT2D eigenvalue weighted by Crippen LogP contribution is 2.38. The van der Waals surface area contributed by atoms with Crippen molar-refractivity contribution in [2.45, 2.75) is 44.7 Å². The van der Waals surface area contributed by atoms with E-state index in [0.29, 0.717) is 12.6 Å². The van der Waals surface area contributed by atoms with Gasteiger partial charge in [-0.25, -0.2) is 0 Å². The number of nitrogens with two attached hydrogens (primary N) is 2. The van der Waals surface area contributed by atoms with E-state index < -0.39 is 0 Å². The predicted molar refractivity (Wildman–Crippen MR) is 102 cm³/mol. The molecule has 0 unspecified atom stereocenters.